The summed E-state index contributed by atoms with van der Waals surface area (Å²) in [5, 5.41) is 59.9. The number of hydrogen-bond acceptors (Lipinski definition) is 10. The normalized spacial score (nSPS) is 36.2. The third kappa shape index (κ3) is 10.1. The largest absolute Gasteiger partial charge is 0.394 e. The lowest BCUT2D eigenvalue weighted by molar-refractivity contribution is -0.346. The van der Waals surface area contributed by atoms with Crippen molar-refractivity contribution in [3.63, 3.8) is 0 Å². The molecule has 2 aliphatic rings. The van der Waals surface area contributed by atoms with Gasteiger partial charge in [0.05, 0.1) is 25.4 Å². The molecule has 0 aromatic heterocycles. The minimum atomic E-state index is -1.61. The summed E-state index contributed by atoms with van der Waals surface area (Å²) in [6, 6.07) is 0. The van der Waals surface area contributed by atoms with Crippen molar-refractivity contribution in [2.45, 2.75) is 152 Å². The van der Waals surface area contributed by atoms with Crippen molar-refractivity contribution >= 4 is 0 Å². The zero-order valence-corrected chi connectivity index (χ0v) is 22.0. The fourth-order valence-corrected chi connectivity index (χ4v) is 4.90. The van der Waals surface area contributed by atoms with E-state index in [1.165, 1.54) is 51.4 Å². The zero-order chi connectivity index (χ0) is 26.5. The van der Waals surface area contributed by atoms with E-state index in [1.54, 1.807) is 0 Å². The van der Waals surface area contributed by atoms with E-state index in [2.05, 4.69) is 6.92 Å². The minimum Gasteiger partial charge on any atom is -0.394 e. The molecule has 2 fully saturated rings. The maximum atomic E-state index is 10.7. The number of ether oxygens (including phenoxy) is 4. The highest BCUT2D eigenvalue weighted by molar-refractivity contribution is 4.91. The highest BCUT2D eigenvalue weighted by Gasteiger charge is 2.48. The number of rotatable bonds is 17. The lowest BCUT2D eigenvalue weighted by Crippen LogP contribution is -2.62. The van der Waals surface area contributed by atoms with Gasteiger partial charge in [0.2, 0.25) is 0 Å². The molecular weight excluding hydrogens is 472 g/mol. The van der Waals surface area contributed by atoms with Crippen molar-refractivity contribution in [3.05, 3.63) is 0 Å². The molecule has 36 heavy (non-hydrogen) atoms. The number of hydrogen-bond donors (Lipinski definition) is 6. The average molecular weight is 523 g/mol. The van der Waals surface area contributed by atoms with E-state index >= 15 is 0 Å². The lowest BCUT2D eigenvalue weighted by atomic mass is 9.98. The Bertz CT molecular complexity index is 565. The van der Waals surface area contributed by atoms with E-state index in [0.717, 1.165) is 19.3 Å². The van der Waals surface area contributed by atoms with Crippen molar-refractivity contribution in [2.24, 2.45) is 0 Å². The summed E-state index contributed by atoms with van der Waals surface area (Å²) >= 11 is 0. The number of aliphatic hydroxyl groups is 6. The van der Waals surface area contributed by atoms with Gasteiger partial charge in [0.15, 0.2) is 12.6 Å². The van der Waals surface area contributed by atoms with Crippen LogP contribution in [0.15, 0.2) is 0 Å². The zero-order valence-electron chi connectivity index (χ0n) is 22.0. The maximum Gasteiger partial charge on any atom is 0.187 e. The Labute approximate surface area is 215 Å². The van der Waals surface area contributed by atoms with E-state index in [-0.39, 0.29) is 12.5 Å². The SMILES string of the molecule is CCCCCCCCCCCCC(C)OC1CC(O)C(OC2OC(CO)C(O)C(O)C2O)C(CO)O1. The summed E-state index contributed by atoms with van der Waals surface area (Å²) in [6.45, 7) is 3.14. The third-order valence-corrected chi connectivity index (χ3v) is 7.17. The Morgan fingerprint density at radius 3 is 1.92 bits per heavy atom. The lowest BCUT2D eigenvalue weighted by Gasteiger charge is -2.44. The summed E-state index contributed by atoms with van der Waals surface area (Å²) in [4.78, 5) is 0. The molecule has 0 saturated carbocycles. The standard InChI is InChI=1S/C26H50O10/c1-3-4-5-6-7-8-9-10-11-12-13-17(2)33-21-14-18(29)25(20(16-28)34-21)36-26-24(32)23(31)22(30)19(15-27)35-26/h17-32H,3-16H2,1-2H3. The van der Waals surface area contributed by atoms with Gasteiger partial charge in [-0.25, -0.2) is 0 Å². The van der Waals surface area contributed by atoms with Crippen LogP contribution >= 0.6 is 0 Å². The van der Waals surface area contributed by atoms with Crippen molar-refractivity contribution in [1.82, 2.24) is 0 Å². The second-order valence-corrected chi connectivity index (χ2v) is 10.3. The average Bonchev–Trinajstić information content (AvgIpc) is 2.86. The molecule has 10 atom stereocenters. The van der Waals surface area contributed by atoms with E-state index in [1.807, 2.05) is 6.92 Å². The van der Waals surface area contributed by atoms with Crippen molar-refractivity contribution < 1.29 is 49.6 Å². The quantitative estimate of drug-likeness (QED) is 0.154. The fraction of sp³-hybridized carbons (Fsp3) is 1.00. The molecule has 0 radical (unpaired) electrons. The molecule has 2 heterocycles. The first-order chi connectivity index (χ1) is 17.3. The van der Waals surface area contributed by atoms with Gasteiger partial charge in [-0.1, -0.05) is 71.1 Å². The molecule has 0 bridgehead atoms. The molecule has 10 heteroatoms. The molecule has 6 N–H and O–H groups in total. The Morgan fingerprint density at radius 2 is 1.33 bits per heavy atom. The monoisotopic (exact) mass is 522 g/mol. The van der Waals surface area contributed by atoms with Crippen LogP contribution in [0.4, 0.5) is 0 Å². The molecule has 0 aromatic carbocycles. The topological polar surface area (TPSA) is 158 Å². The predicted octanol–water partition coefficient (Wildman–Crippen LogP) is 1.36. The molecule has 2 saturated heterocycles. The van der Waals surface area contributed by atoms with Crippen LogP contribution in [0, 0.1) is 0 Å². The smallest absolute Gasteiger partial charge is 0.187 e. The molecule has 0 amide bonds. The van der Waals surface area contributed by atoms with Gasteiger partial charge in [-0.3, -0.25) is 0 Å². The van der Waals surface area contributed by atoms with Gasteiger partial charge in [-0.2, -0.15) is 0 Å². The molecule has 10 nitrogen and oxygen atoms in total. The van der Waals surface area contributed by atoms with Crippen LogP contribution in [-0.2, 0) is 18.9 Å². The molecular formula is C26H50O10. The van der Waals surface area contributed by atoms with Gasteiger partial charge in [0.25, 0.3) is 0 Å². The second-order valence-electron chi connectivity index (χ2n) is 10.3. The summed E-state index contributed by atoms with van der Waals surface area (Å²) < 4.78 is 22.8. The summed E-state index contributed by atoms with van der Waals surface area (Å²) in [5.74, 6) is 0. The Morgan fingerprint density at radius 1 is 0.750 bits per heavy atom. The van der Waals surface area contributed by atoms with Crippen LogP contribution in [0.2, 0.25) is 0 Å². The Balaban J connectivity index is 1.70. The molecule has 0 spiro atoms. The summed E-state index contributed by atoms with van der Waals surface area (Å²) in [7, 11) is 0. The van der Waals surface area contributed by atoms with E-state index in [9.17, 15) is 30.6 Å². The Kier molecular flexibility index (Phi) is 15.2. The first-order valence-electron chi connectivity index (χ1n) is 13.9. The van der Waals surface area contributed by atoms with Gasteiger partial charge in [-0.05, 0) is 13.3 Å². The van der Waals surface area contributed by atoms with Crippen LogP contribution in [0.5, 0.6) is 0 Å². The van der Waals surface area contributed by atoms with Gasteiger partial charge in [-0.15, -0.1) is 0 Å². The molecule has 10 unspecified atom stereocenters. The first-order valence-corrected chi connectivity index (χ1v) is 13.9. The second kappa shape index (κ2) is 17.2. The van der Waals surface area contributed by atoms with Crippen molar-refractivity contribution in [1.29, 1.82) is 0 Å². The van der Waals surface area contributed by atoms with Crippen LogP contribution in [0.25, 0.3) is 0 Å². The summed E-state index contributed by atoms with van der Waals surface area (Å²) in [6.07, 6.45) is 2.46. The van der Waals surface area contributed by atoms with Gasteiger partial charge in [0, 0.05) is 6.42 Å². The Hall–Kier alpha value is -0.400. The van der Waals surface area contributed by atoms with Crippen LogP contribution in [-0.4, -0.2) is 105 Å². The fourth-order valence-electron chi connectivity index (χ4n) is 4.90. The van der Waals surface area contributed by atoms with E-state index in [4.69, 9.17) is 18.9 Å². The van der Waals surface area contributed by atoms with Gasteiger partial charge >= 0.3 is 0 Å². The van der Waals surface area contributed by atoms with E-state index in [0.29, 0.717) is 0 Å². The molecule has 0 aromatic rings. The highest BCUT2D eigenvalue weighted by atomic mass is 16.7. The van der Waals surface area contributed by atoms with Crippen molar-refractivity contribution in [2.75, 3.05) is 13.2 Å². The molecule has 0 aliphatic carbocycles. The van der Waals surface area contributed by atoms with Crippen LogP contribution < -0.4 is 0 Å². The van der Waals surface area contributed by atoms with Crippen LogP contribution in [0.3, 0.4) is 0 Å². The highest BCUT2D eigenvalue weighted by Crippen LogP contribution is 2.30. The van der Waals surface area contributed by atoms with Crippen molar-refractivity contribution in [3.8, 4) is 0 Å². The summed E-state index contributed by atoms with van der Waals surface area (Å²) in [5.41, 5.74) is 0. The molecule has 2 rings (SSSR count). The number of unbranched alkanes of at least 4 members (excludes halogenated alkanes) is 9. The van der Waals surface area contributed by atoms with Crippen LogP contribution in [0.1, 0.15) is 90.9 Å². The predicted molar refractivity (Wildman–Crippen MR) is 132 cm³/mol. The first kappa shape index (κ1) is 31.8. The maximum absolute atomic E-state index is 10.7. The van der Waals surface area contributed by atoms with Gasteiger partial charge in [0.1, 0.15) is 36.6 Å². The third-order valence-electron chi connectivity index (χ3n) is 7.17. The molecule has 2 aliphatic heterocycles. The van der Waals surface area contributed by atoms with E-state index < -0.39 is 68.5 Å². The van der Waals surface area contributed by atoms with Gasteiger partial charge < -0.3 is 49.6 Å². The minimum absolute atomic E-state index is 0.0708. The number of aliphatic hydroxyl groups excluding tert-OH is 6. The molecule has 214 valence electrons.